The Morgan fingerprint density at radius 2 is 2.07 bits per heavy atom. The predicted octanol–water partition coefficient (Wildman–Crippen LogP) is 1.18. The average Bonchev–Trinajstić information content (AvgIpc) is 2.44. The number of carbonyl (C=O) groups is 1. The summed E-state index contributed by atoms with van der Waals surface area (Å²) in [5, 5.41) is 3.29. The minimum atomic E-state index is -0.168. The van der Waals surface area contributed by atoms with Gasteiger partial charge >= 0.3 is 0 Å². The lowest BCUT2D eigenvalue weighted by Gasteiger charge is -2.20. The number of likely N-dealkylation sites (N-methyl/N-ethyl adjacent to an activating group) is 1. The summed E-state index contributed by atoms with van der Waals surface area (Å²) in [6, 6.07) is 9.72. The minimum absolute atomic E-state index is 0.165. The largest absolute Gasteiger partial charge is 0.344 e. The number of benzene rings is 1. The summed E-state index contributed by atoms with van der Waals surface area (Å²) in [7, 11) is 1.87. The van der Waals surface area contributed by atoms with Crippen LogP contribution in [0.5, 0.6) is 0 Å². The number of carbonyl (C=O) groups excluding carboxylic acids is 1. The molecule has 1 unspecified atom stereocenters. The Morgan fingerprint density at radius 1 is 1.33 bits per heavy atom. The van der Waals surface area contributed by atoms with Crippen molar-refractivity contribution in [2.75, 3.05) is 20.1 Å². The summed E-state index contributed by atoms with van der Waals surface area (Å²) in [6.45, 7) is 1.74. The van der Waals surface area contributed by atoms with Crippen molar-refractivity contribution in [1.29, 1.82) is 0 Å². The number of nitrogens with zero attached hydrogens (tertiary/aromatic N) is 1. The third-order valence-corrected chi connectivity index (χ3v) is 2.77. The molecule has 15 heavy (non-hydrogen) atoms. The van der Waals surface area contributed by atoms with Gasteiger partial charge in [0.2, 0.25) is 5.91 Å². The summed E-state index contributed by atoms with van der Waals surface area (Å²) >= 11 is 0. The van der Waals surface area contributed by atoms with E-state index < -0.39 is 0 Å². The quantitative estimate of drug-likeness (QED) is 0.745. The molecule has 1 aromatic carbocycles. The van der Waals surface area contributed by atoms with E-state index in [1.165, 1.54) is 0 Å². The third kappa shape index (κ3) is 2.18. The zero-order valence-corrected chi connectivity index (χ0v) is 8.94. The molecule has 0 saturated carbocycles. The van der Waals surface area contributed by atoms with E-state index in [0.29, 0.717) is 0 Å². The smallest absolute Gasteiger partial charge is 0.244 e. The molecule has 1 fully saturated rings. The molecule has 2 rings (SSSR count). The van der Waals surface area contributed by atoms with Gasteiger partial charge in [-0.2, -0.15) is 0 Å². The molecule has 1 atom stereocenters. The number of nitrogens with one attached hydrogen (secondary N) is 1. The van der Waals surface area contributed by atoms with Crippen molar-refractivity contribution < 1.29 is 4.79 Å². The molecule has 1 aromatic rings. The Bertz CT molecular complexity index is 337. The normalized spacial score (nSPS) is 22.6. The standard InChI is InChI=1S/C12H16N2O/c1-14-9-5-8-13-11(12(14)15)10-6-3-2-4-7-10/h2-4,6-7,11,13H,5,8-9H2,1H3. The van der Waals surface area contributed by atoms with Gasteiger partial charge in [-0.05, 0) is 18.5 Å². The summed E-state index contributed by atoms with van der Waals surface area (Å²) in [5.74, 6) is 0.165. The van der Waals surface area contributed by atoms with Crippen molar-refractivity contribution in [3.05, 3.63) is 35.9 Å². The summed E-state index contributed by atoms with van der Waals surface area (Å²) in [4.78, 5) is 13.8. The molecule has 1 aliphatic heterocycles. The van der Waals surface area contributed by atoms with Crippen LogP contribution in [-0.4, -0.2) is 30.9 Å². The van der Waals surface area contributed by atoms with Gasteiger partial charge in [-0.25, -0.2) is 0 Å². The number of rotatable bonds is 1. The van der Waals surface area contributed by atoms with Gasteiger partial charge in [0, 0.05) is 13.6 Å². The van der Waals surface area contributed by atoms with Gasteiger partial charge in [0.05, 0.1) is 0 Å². The molecule has 1 saturated heterocycles. The maximum atomic E-state index is 12.0. The van der Waals surface area contributed by atoms with Crippen LogP contribution in [0.4, 0.5) is 0 Å². The van der Waals surface area contributed by atoms with E-state index in [2.05, 4.69) is 5.32 Å². The fourth-order valence-electron chi connectivity index (χ4n) is 1.89. The van der Waals surface area contributed by atoms with E-state index >= 15 is 0 Å². The number of amides is 1. The molecular formula is C12H16N2O. The molecular weight excluding hydrogens is 188 g/mol. The van der Waals surface area contributed by atoms with Crippen LogP contribution in [0.3, 0.4) is 0 Å². The SMILES string of the molecule is CN1CCCNC(c2ccccc2)C1=O. The molecule has 80 valence electrons. The van der Waals surface area contributed by atoms with Gasteiger partial charge in [-0.1, -0.05) is 30.3 Å². The second-order valence-electron chi connectivity index (χ2n) is 3.91. The van der Waals surface area contributed by atoms with Crippen LogP contribution < -0.4 is 5.32 Å². The third-order valence-electron chi connectivity index (χ3n) is 2.77. The van der Waals surface area contributed by atoms with Crippen LogP contribution in [-0.2, 0) is 4.79 Å². The molecule has 1 amide bonds. The van der Waals surface area contributed by atoms with E-state index in [4.69, 9.17) is 0 Å². The van der Waals surface area contributed by atoms with Crippen LogP contribution in [0.25, 0.3) is 0 Å². The Labute approximate surface area is 90.1 Å². The first kappa shape index (κ1) is 10.2. The summed E-state index contributed by atoms with van der Waals surface area (Å²) in [5.41, 5.74) is 1.05. The molecule has 0 radical (unpaired) electrons. The minimum Gasteiger partial charge on any atom is -0.344 e. The predicted molar refractivity (Wildman–Crippen MR) is 59.4 cm³/mol. The van der Waals surface area contributed by atoms with Crippen molar-refractivity contribution in [1.82, 2.24) is 10.2 Å². The molecule has 1 N–H and O–H groups in total. The topological polar surface area (TPSA) is 32.3 Å². The lowest BCUT2D eigenvalue weighted by molar-refractivity contribution is -0.131. The lowest BCUT2D eigenvalue weighted by atomic mass is 10.1. The van der Waals surface area contributed by atoms with Crippen molar-refractivity contribution >= 4 is 5.91 Å². The second kappa shape index (κ2) is 4.45. The lowest BCUT2D eigenvalue weighted by Crippen LogP contribution is -2.35. The van der Waals surface area contributed by atoms with Crippen molar-refractivity contribution in [2.24, 2.45) is 0 Å². The molecule has 1 heterocycles. The van der Waals surface area contributed by atoms with Gasteiger partial charge in [0.15, 0.2) is 0 Å². The fraction of sp³-hybridized carbons (Fsp3) is 0.417. The Kier molecular flexibility index (Phi) is 3.02. The highest BCUT2D eigenvalue weighted by molar-refractivity contribution is 5.83. The molecule has 3 heteroatoms. The fourth-order valence-corrected chi connectivity index (χ4v) is 1.89. The van der Waals surface area contributed by atoms with Crippen molar-refractivity contribution in [2.45, 2.75) is 12.5 Å². The first-order chi connectivity index (χ1) is 7.29. The maximum absolute atomic E-state index is 12.0. The van der Waals surface area contributed by atoms with Crippen LogP contribution in [0.2, 0.25) is 0 Å². The Hall–Kier alpha value is -1.35. The van der Waals surface area contributed by atoms with Gasteiger partial charge in [-0.15, -0.1) is 0 Å². The molecule has 0 aliphatic carbocycles. The van der Waals surface area contributed by atoms with E-state index in [-0.39, 0.29) is 11.9 Å². The zero-order chi connectivity index (χ0) is 10.7. The van der Waals surface area contributed by atoms with Gasteiger partial charge in [-0.3, -0.25) is 4.79 Å². The van der Waals surface area contributed by atoms with Crippen LogP contribution >= 0.6 is 0 Å². The summed E-state index contributed by atoms with van der Waals surface area (Å²) in [6.07, 6.45) is 1.02. The Morgan fingerprint density at radius 3 is 2.80 bits per heavy atom. The van der Waals surface area contributed by atoms with Crippen LogP contribution in [0.15, 0.2) is 30.3 Å². The van der Waals surface area contributed by atoms with Gasteiger partial charge in [0.1, 0.15) is 6.04 Å². The Balaban J connectivity index is 2.23. The number of hydrogen-bond acceptors (Lipinski definition) is 2. The second-order valence-corrected chi connectivity index (χ2v) is 3.91. The van der Waals surface area contributed by atoms with Crippen molar-refractivity contribution in [3.8, 4) is 0 Å². The monoisotopic (exact) mass is 204 g/mol. The molecule has 0 bridgehead atoms. The maximum Gasteiger partial charge on any atom is 0.244 e. The highest BCUT2D eigenvalue weighted by Crippen LogP contribution is 2.17. The molecule has 0 aromatic heterocycles. The highest BCUT2D eigenvalue weighted by atomic mass is 16.2. The van der Waals surface area contributed by atoms with Crippen molar-refractivity contribution in [3.63, 3.8) is 0 Å². The zero-order valence-electron chi connectivity index (χ0n) is 8.94. The molecule has 1 aliphatic rings. The van der Waals surface area contributed by atoms with E-state index in [9.17, 15) is 4.79 Å². The van der Waals surface area contributed by atoms with Crippen LogP contribution in [0.1, 0.15) is 18.0 Å². The van der Waals surface area contributed by atoms with E-state index in [0.717, 1.165) is 25.1 Å². The molecule has 0 spiro atoms. The summed E-state index contributed by atoms with van der Waals surface area (Å²) < 4.78 is 0. The van der Waals surface area contributed by atoms with Crippen LogP contribution in [0, 0.1) is 0 Å². The highest BCUT2D eigenvalue weighted by Gasteiger charge is 2.25. The van der Waals surface area contributed by atoms with E-state index in [1.54, 1.807) is 4.90 Å². The first-order valence-electron chi connectivity index (χ1n) is 5.32. The van der Waals surface area contributed by atoms with Gasteiger partial charge in [0.25, 0.3) is 0 Å². The average molecular weight is 204 g/mol. The number of hydrogen-bond donors (Lipinski definition) is 1. The van der Waals surface area contributed by atoms with Gasteiger partial charge < -0.3 is 10.2 Å². The van der Waals surface area contributed by atoms with E-state index in [1.807, 2.05) is 37.4 Å². The molecule has 3 nitrogen and oxygen atoms in total. The first-order valence-corrected chi connectivity index (χ1v) is 5.32.